The van der Waals surface area contributed by atoms with Crippen molar-refractivity contribution < 1.29 is 9.53 Å². The number of ether oxygens (including phenoxy) is 1. The van der Waals surface area contributed by atoms with Crippen molar-refractivity contribution in [2.75, 3.05) is 13.2 Å². The third-order valence-corrected chi connectivity index (χ3v) is 5.90. The molecule has 142 valence electrons. The number of H-pyrrole nitrogens is 2. The molecule has 1 aliphatic heterocycles. The molecule has 5 heteroatoms. The fourth-order valence-electron chi connectivity index (χ4n) is 4.21. The Kier molecular flexibility index (Phi) is 4.24. The third-order valence-electron chi connectivity index (χ3n) is 5.90. The summed E-state index contributed by atoms with van der Waals surface area (Å²) in [7, 11) is 0. The molecule has 1 saturated heterocycles. The van der Waals surface area contributed by atoms with E-state index in [0.717, 1.165) is 59.1 Å². The number of carbonyl (C=O) groups is 1. The molecule has 3 heterocycles. The summed E-state index contributed by atoms with van der Waals surface area (Å²) in [6.45, 7) is 3.55. The van der Waals surface area contributed by atoms with Crippen LogP contribution in [0, 0.1) is 0 Å². The molecule has 1 aliphatic rings. The Morgan fingerprint density at radius 3 is 2.68 bits per heavy atom. The number of aromatic nitrogens is 3. The van der Waals surface area contributed by atoms with Crippen LogP contribution in [0.1, 0.15) is 53.3 Å². The second-order valence-corrected chi connectivity index (χ2v) is 7.66. The SMILES string of the molecule is C[C@H](C(=O)c1cc2cc3c(C4CCOCC4)n[nH]c3cc2[nH]1)c1ccccc1. The van der Waals surface area contributed by atoms with Crippen molar-refractivity contribution in [1.82, 2.24) is 15.2 Å². The van der Waals surface area contributed by atoms with E-state index in [9.17, 15) is 4.79 Å². The molecule has 0 aliphatic carbocycles. The van der Waals surface area contributed by atoms with Crippen molar-refractivity contribution in [3.05, 3.63) is 65.5 Å². The number of ketones is 1. The standard InChI is InChI=1S/C23H23N3O2/c1-14(15-5-3-2-4-6-15)23(27)21-12-17-11-18-20(13-19(17)24-21)25-26-22(18)16-7-9-28-10-8-16/h2-6,11-14,16,24H,7-10H2,1H3,(H,25,26)/t14-/m0/s1. The predicted octanol–water partition coefficient (Wildman–Crippen LogP) is 4.92. The quantitative estimate of drug-likeness (QED) is 0.499. The van der Waals surface area contributed by atoms with Gasteiger partial charge in [-0.3, -0.25) is 9.89 Å². The Balaban J connectivity index is 1.51. The van der Waals surface area contributed by atoms with Crippen LogP contribution in [-0.2, 0) is 4.74 Å². The molecule has 4 aromatic rings. The predicted molar refractivity (Wildman–Crippen MR) is 110 cm³/mol. The van der Waals surface area contributed by atoms with Crippen molar-refractivity contribution in [3.63, 3.8) is 0 Å². The number of nitrogens with one attached hydrogen (secondary N) is 2. The number of hydrogen-bond donors (Lipinski definition) is 2. The van der Waals surface area contributed by atoms with Crippen molar-refractivity contribution in [2.24, 2.45) is 0 Å². The van der Waals surface area contributed by atoms with E-state index in [1.165, 1.54) is 0 Å². The summed E-state index contributed by atoms with van der Waals surface area (Å²) in [4.78, 5) is 16.3. The molecule has 28 heavy (non-hydrogen) atoms. The zero-order valence-corrected chi connectivity index (χ0v) is 15.9. The van der Waals surface area contributed by atoms with Gasteiger partial charge in [-0.05, 0) is 36.6 Å². The first kappa shape index (κ1) is 17.2. The molecule has 0 bridgehead atoms. The van der Waals surface area contributed by atoms with Gasteiger partial charge in [0.15, 0.2) is 5.78 Å². The molecule has 2 N–H and O–H groups in total. The molecule has 1 atom stereocenters. The number of Topliss-reactive ketones (excluding diaryl/α,β-unsaturated/α-hetero) is 1. The van der Waals surface area contributed by atoms with Gasteiger partial charge in [-0.25, -0.2) is 0 Å². The Morgan fingerprint density at radius 1 is 1.11 bits per heavy atom. The number of nitrogens with zero attached hydrogens (tertiary/aromatic N) is 1. The summed E-state index contributed by atoms with van der Waals surface area (Å²) in [6.07, 6.45) is 2.01. The second kappa shape index (κ2) is 6.91. The van der Waals surface area contributed by atoms with Gasteiger partial charge in [0.25, 0.3) is 0 Å². The van der Waals surface area contributed by atoms with Gasteiger partial charge in [-0.15, -0.1) is 0 Å². The highest BCUT2D eigenvalue weighted by Crippen LogP contribution is 2.33. The molecular formula is C23H23N3O2. The number of hydrogen-bond acceptors (Lipinski definition) is 3. The first-order valence-electron chi connectivity index (χ1n) is 9.88. The lowest BCUT2D eigenvalue weighted by atomic mass is 9.94. The molecule has 5 rings (SSSR count). The summed E-state index contributed by atoms with van der Waals surface area (Å²) in [5, 5.41) is 9.95. The molecule has 0 saturated carbocycles. The van der Waals surface area contributed by atoms with Gasteiger partial charge in [0.2, 0.25) is 0 Å². The second-order valence-electron chi connectivity index (χ2n) is 7.66. The molecular weight excluding hydrogens is 350 g/mol. The minimum atomic E-state index is -0.182. The highest BCUT2D eigenvalue weighted by Gasteiger charge is 2.22. The largest absolute Gasteiger partial charge is 0.381 e. The van der Waals surface area contributed by atoms with E-state index >= 15 is 0 Å². The number of rotatable bonds is 4. The molecule has 5 nitrogen and oxygen atoms in total. The maximum Gasteiger partial charge on any atom is 0.186 e. The lowest BCUT2D eigenvalue weighted by Crippen LogP contribution is -2.14. The van der Waals surface area contributed by atoms with E-state index in [1.54, 1.807) is 0 Å². The summed E-state index contributed by atoms with van der Waals surface area (Å²) in [6, 6.07) is 16.1. The molecule has 0 unspecified atom stereocenters. The first-order valence-corrected chi connectivity index (χ1v) is 9.88. The lowest BCUT2D eigenvalue weighted by molar-refractivity contribution is 0.0847. The normalized spacial score (nSPS) is 16.6. The molecule has 0 amide bonds. The fourth-order valence-corrected chi connectivity index (χ4v) is 4.21. The van der Waals surface area contributed by atoms with Crippen LogP contribution < -0.4 is 0 Å². The van der Waals surface area contributed by atoms with Crippen LogP contribution in [0.2, 0.25) is 0 Å². The van der Waals surface area contributed by atoms with E-state index in [-0.39, 0.29) is 11.7 Å². The summed E-state index contributed by atoms with van der Waals surface area (Å²) in [5.74, 6) is 0.352. The van der Waals surface area contributed by atoms with Gasteiger partial charge in [-0.1, -0.05) is 37.3 Å². The van der Waals surface area contributed by atoms with Crippen molar-refractivity contribution >= 4 is 27.6 Å². The van der Waals surface area contributed by atoms with Crippen LogP contribution in [0.5, 0.6) is 0 Å². The Morgan fingerprint density at radius 2 is 1.89 bits per heavy atom. The number of carbonyl (C=O) groups excluding carboxylic acids is 1. The van der Waals surface area contributed by atoms with Crippen LogP contribution in [0.3, 0.4) is 0 Å². The van der Waals surface area contributed by atoms with Crippen molar-refractivity contribution in [1.29, 1.82) is 0 Å². The smallest absolute Gasteiger partial charge is 0.186 e. The molecule has 0 spiro atoms. The summed E-state index contributed by atoms with van der Waals surface area (Å²) < 4.78 is 5.49. The van der Waals surface area contributed by atoms with E-state index in [1.807, 2.05) is 43.3 Å². The number of aromatic amines is 2. The van der Waals surface area contributed by atoms with Crippen LogP contribution >= 0.6 is 0 Å². The Hall–Kier alpha value is -2.92. The molecule has 1 fully saturated rings. The van der Waals surface area contributed by atoms with Crippen LogP contribution in [0.4, 0.5) is 0 Å². The number of fused-ring (bicyclic) bond motifs is 2. The van der Waals surface area contributed by atoms with Crippen molar-refractivity contribution in [3.8, 4) is 0 Å². The number of benzene rings is 2. The van der Waals surface area contributed by atoms with Crippen molar-refractivity contribution in [2.45, 2.75) is 31.6 Å². The first-order chi connectivity index (χ1) is 13.7. The topological polar surface area (TPSA) is 70.8 Å². The van der Waals surface area contributed by atoms with Crippen LogP contribution in [0.15, 0.2) is 48.5 Å². The maximum atomic E-state index is 13.0. The minimum absolute atomic E-state index is 0.105. The van der Waals surface area contributed by atoms with Crippen LogP contribution in [-0.4, -0.2) is 34.2 Å². The summed E-state index contributed by atoms with van der Waals surface area (Å²) >= 11 is 0. The monoisotopic (exact) mass is 373 g/mol. The van der Waals surface area contributed by atoms with Gasteiger partial charge >= 0.3 is 0 Å². The Bertz CT molecular complexity index is 1140. The van der Waals surface area contributed by atoms with E-state index in [2.05, 4.69) is 27.3 Å². The Labute approximate surface area is 163 Å². The van der Waals surface area contributed by atoms with Crippen LogP contribution in [0.25, 0.3) is 21.8 Å². The van der Waals surface area contributed by atoms with Gasteiger partial charge in [0.05, 0.1) is 16.9 Å². The zero-order chi connectivity index (χ0) is 19.1. The molecule has 2 aromatic heterocycles. The minimum Gasteiger partial charge on any atom is -0.381 e. The average molecular weight is 373 g/mol. The van der Waals surface area contributed by atoms with Gasteiger partial charge in [0.1, 0.15) is 0 Å². The average Bonchev–Trinajstić information content (AvgIpc) is 3.35. The van der Waals surface area contributed by atoms with Gasteiger partial charge < -0.3 is 9.72 Å². The van der Waals surface area contributed by atoms with E-state index in [0.29, 0.717) is 11.6 Å². The highest BCUT2D eigenvalue weighted by molar-refractivity contribution is 6.05. The van der Waals surface area contributed by atoms with Gasteiger partial charge in [0, 0.05) is 41.3 Å². The zero-order valence-electron chi connectivity index (χ0n) is 15.9. The molecule has 2 aromatic carbocycles. The molecule has 0 radical (unpaired) electrons. The third kappa shape index (κ3) is 2.92. The lowest BCUT2D eigenvalue weighted by Gasteiger charge is -2.20. The van der Waals surface area contributed by atoms with Gasteiger partial charge in [-0.2, -0.15) is 5.10 Å². The summed E-state index contributed by atoms with van der Waals surface area (Å²) in [5.41, 5.74) is 4.76. The fraction of sp³-hybridized carbons (Fsp3) is 0.304. The van der Waals surface area contributed by atoms with E-state index < -0.39 is 0 Å². The maximum absolute atomic E-state index is 13.0. The van der Waals surface area contributed by atoms with E-state index in [4.69, 9.17) is 4.74 Å². The highest BCUT2D eigenvalue weighted by atomic mass is 16.5.